The summed E-state index contributed by atoms with van der Waals surface area (Å²) in [5.74, 6) is -2.37. The molecule has 0 fully saturated rings. The van der Waals surface area contributed by atoms with E-state index in [-0.39, 0.29) is 19.4 Å². The van der Waals surface area contributed by atoms with Crippen molar-refractivity contribution in [3.05, 3.63) is 12.2 Å². The lowest BCUT2D eigenvalue weighted by Crippen LogP contribution is -2.34. The number of ether oxygens (including phenoxy) is 2. The normalized spacial score (nSPS) is 13.8. The highest BCUT2D eigenvalue weighted by Gasteiger charge is 2.28. The Morgan fingerprint density at radius 1 is 0.536 bits per heavy atom. The molecule has 0 aliphatic rings. The largest absolute Gasteiger partial charge is 0.480 e. The zero-order valence-electron chi connectivity index (χ0n) is 35.7. The van der Waals surface area contributed by atoms with Gasteiger partial charge in [-0.1, -0.05) is 180 Å². The van der Waals surface area contributed by atoms with E-state index in [0.29, 0.717) is 12.8 Å². The van der Waals surface area contributed by atoms with Crippen molar-refractivity contribution < 1.29 is 47.5 Å². The number of hydrogen-bond donors (Lipinski definition) is 3. The summed E-state index contributed by atoms with van der Waals surface area (Å²) in [6.45, 7) is 2.82. The summed E-state index contributed by atoms with van der Waals surface area (Å²) >= 11 is 0. The molecule has 0 amide bonds. The molecule has 0 aromatic rings. The molecule has 330 valence electrons. The molecule has 0 bridgehead atoms. The van der Waals surface area contributed by atoms with Crippen LogP contribution in [0.15, 0.2) is 12.2 Å². The van der Waals surface area contributed by atoms with Crippen LogP contribution >= 0.6 is 7.82 Å². The summed E-state index contributed by atoms with van der Waals surface area (Å²) in [5.41, 5.74) is 5.34. The number of allylic oxidation sites excluding steroid dienone is 2. The zero-order valence-corrected chi connectivity index (χ0v) is 36.6. The average molecular weight is 818 g/mol. The van der Waals surface area contributed by atoms with Crippen molar-refractivity contribution in [2.75, 3.05) is 19.8 Å². The molecule has 0 radical (unpaired) electrons. The first kappa shape index (κ1) is 54.2. The smallest absolute Gasteiger partial charge is 0.472 e. The summed E-state index contributed by atoms with van der Waals surface area (Å²) < 4.78 is 32.7. The van der Waals surface area contributed by atoms with Crippen LogP contribution in [0.4, 0.5) is 0 Å². The van der Waals surface area contributed by atoms with Gasteiger partial charge in [0.2, 0.25) is 0 Å². The fourth-order valence-electron chi connectivity index (χ4n) is 6.41. The number of esters is 2. The predicted molar refractivity (Wildman–Crippen MR) is 226 cm³/mol. The number of carboxylic acids is 1. The second-order valence-corrected chi connectivity index (χ2v) is 17.0. The molecule has 0 saturated carbocycles. The van der Waals surface area contributed by atoms with Gasteiger partial charge in [-0.15, -0.1) is 0 Å². The average Bonchev–Trinajstić information content (AvgIpc) is 3.17. The van der Waals surface area contributed by atoms with Crippen LogP contribution in [0.5, 0.6) is 0 Å². The first-order valence-corrected chi connectivity index (χ1v) is 24.2. The summed E-state index contributed by atoms with van der Waals surface area (Å²) in [4.78, 5) is 46.0. The number of rotatable bonds is 43. The topological polar surface area (TPSA) is 172 Å². The maximum atomic E-state index is 12.6. The molecule has 0 spiro atoms. The summed E-state index contributed by atoms with van der Waals surface area (Å²) in [6, 6.07) is -1.52. The number of carbonyl (C=O) groups is 3. The van der Waals surface area contributed by atoms with E-state index in [9.17, 15) is 23.8 Å². The molecule has 0 aromatic carbocycles. The molecule has 56 heavy (non-hydrogen) atoms. The third kappa shape index (κ3) is 39.1. The maximum Gasteiger partial charge on any atom is 0.472 e. The summed E-state index contributed by atoms with van der Waals surface area (Å²) in [5, 5.41) is 8.89. The molecule has 0 aliphatic carbocycles. The molecular weight excluding hydrogens is 733 g/mol. The number of phosphoric acid groups is 1. The zero-order chi connectivity index (χ0) is 41.4. The number of hydrogen-bond acceptors (Lipinski definition) is 9. The number of aliphatic carboxylic acids is 1. The van der Waals surface area contributed by atoms with Crippen molar-refractivity contribution in [1.82, 2.24) is 0 Å². The fourth-order valence-corrected chi connectivity index (χ4v) is 7.19. The predicted octanol–water partition coefficient (Wildman–Crippen LogP) is 12.1. The van der Waals surface area contributed by atoms with E-state index in [1.54, 1.807) is 0 Å². The van der Waals surface area contributed by atoms with Crippen LogP contribution in [0.2, 0.25) is 0 Å². The monoisotopic (exact) mass is 818 g/mol. The Labute approximate surface area is 341 Å². The van der Waals surface area contributed by atoms with E-state index in [1.165, 1.54) is 122 Å². The van der Waals surface area contributed by atoms with Gasteiger partial charge in [-0.25, -0.2) is 4.57 Å². The second kappa shape index (κ2) is 40.0. The van der Waals surface area contributed by atoms with Crippen molar-refractivity contribution in [3.63, 3.8) is 0 Å². The number of carbonyl (C=O) groups excluding carboxylic acids is 2. The van der Waals surface area contributed by atoms with Crippen LogP contribution < -0.4 is 5.73 Å². The van der Waals surface area contributed by atoms with Gasteiger partial charge >= 0.3 is 25.7 Å². The first-order chi connectivity index (χ1) is 27.1. The Hall–Kier alpha value is -1.78. The quantitative estimate of drug-likeness (QED) is 0.0231. The Morgan fingerprint density at radius 3 is 1.30 bits per heavy atom. The molecule has 3 atom stereocenters. The van der Waals surface area contributed by atoms with Crippen LogP contribution in [0.3, 0.4) is 0 Å². The van der Waals surface area contributed by atoms with Gasteiger partial charge in [0.15, 0.2) is 6.10 Å². The van der Waals surface area contributed by atoms with Crippen molar-refractivity contribution in [1.29, 1.82) is 0 Å². The van der Waals surface area contributed by atoms with E-state index in [0.717, 1.165) is 57.8 Å². The third-order valence-electron chi connectivity index (χ3n) is 10.0. The van der Waals surface area contributed by atoms with Gasteiger partial charge in [-0.2, -0.15) is 0 Å². The van der Waals surface area contributed by atoms with Crippen LogP contribution in [0, 0.1) is 0 Å². The van der Waals surface area contributed by atoms with Gasteiger partial charge in [0.25, 0.3) is 0 Å². The van der Waals surface area contributed by atoms with E-state index in [4.69, 9.17) is 24.8 Å². The fraction of sp³-hybridized carbons (Fsp3) is 0.886. The van der Waals surface area contributed by atoms with E-state index in [2.05, 4.69) is 30.5 Å². The highest BCUT2D eigenvalue weighted by molar-refractivity contribution is 7.47. The van der Waals surface area contributed by atoms with Gasteiger partial charge in [0.05, 0.1) is 13.2 Å². The molecule has 11 nitrogen and oxygen atoms in total. The molecule has 0 aromatic heterocycles. The van der Waals surface area contributed by atoms with Gasteiger partial charge in [0, 0.05) is 12.8 Å². The number of nitrogens with two attached hydrogens (primary N) is 1. The number of unbranched alkanes of at least 4 members (excludes halogenated alkanes) is 27. The molecule has 12 heteroatoms. The molecule has 1 unspecified atom stereocenters. The van der Waals surface area contributed by atoms with Gasteiger partial charge in [-0.3, -0.25) is 23.4 Å². The minimum Gasteiger partial charge on any atom is -0.480 e. The lowest BCUT2D eigenvalue weighted by atomic mass is 10.0. The molecular formula is C44H84NO10P. The molecule has 0 saturated heterocycles. The third-order valence-corrected chi connectivity index (χ3v) is 11.0. The Kier molecular flexibility index (Phi) is 38.7. The summed E-state index contributed by atoms with van der Waals surface area (Å²) in [7, 11) is -4.71. The molecule has 0 aliphatic heterocycles. The van der Waals surface area contributed by atoms with Crippen molar-refractivity contribution in [2.24, 2.45) is 5.73 Å². The molecule has 0 rings (SSSR count). The van der Waals surface area contributed by atoms with Gasteiger partial charge in [-0.05, 0) is 38.5 Å². The van der Waals surface area contributed by atoms with Crippen molar-refractivity contribution >= 4 is 25.7 Å². The van der Waals surface area contributed by atoms with Crippen molar-refractivity contribution in [3.8, 4) is 0 Å². The highest BCUT2D eigenvalue weighted by atomic mass is 31.2. The minimum absolute atomic E-state index is 0.155. The molecule has 4 N–H and O–H groups in total. The highest BCUT2D eigenvalue weighted by Crippen LogP contribution is 2.43. The number of carboxylic acid groups (broad SMARTS) is 1. The van der Waals surface area contributed by atoms with Crippen LogP contribution in [0.1, 0.15) is 219 Å². The van der Waals surface area contributed by atoms with Crippen molar-refractivity contribution in [2.45, 2.75) is 231 Å². The van der Waals surface area contributed by atoms with E-state index >= 15 is 0 Å². The first-order valence-electron chi connectivity index (χ1n) is 22.7. The standard InChI is InChI=1S/C44H84NO10P/c1-3-5-7-9-11-13-15-17-19-20-22-23-25-27-29-31-33-35-42(46)52-37-40(38-53-56(50,51)54-39-41(45)44(48)49)55-43(47)36-34-32-30-28-26-24-21-18-16-14-12-10-8-6-4-2/h18,21,40-41H,3-17,19-20,22-39,45H2,1-2H3,(H,48,49)(H,50,51)/b21-18-/t40-,41+/m1/s1. The Balaban J connectivity index is 4.31. The lowest BCUT2D eigenvalue weighted by molar-refractivity contribution is -0.161. The number of phosphoric ester groups is 1. The Morgan fingerprint density at radius 2 is 0.893 bits per heavy atom. The van der Waals surface area contributed by atoms with E-state index < -0.39 is 51.1 Å². The Bertz CT molecular complexity index is 1010. The van der Waals surface area contributed by atoms with Gasteiger partial charge < -0.3 is 25.2 Å². The van der Waals surface area contributed by atoms with Gasteiger partial charge in [0.1, 0.15) is 12.6 Å². The summed E-state index contributed by atoms with van der Waals surface area (Å²) in [6.07, 6.45) is 39.8. The SMILES string of the molecule is CCCCCCCC/C=C\CCCCCCCC(=O)O[C@H](COC(=O)CCCCCCCCCCCCCCCCCCC)COP(=O)(O)OC[C@H](N)C(=O)O. The maximum absolute atomic E-state index is 12.6. The molecule has 0 heterocycles. The lowest BCUT2D eigenvalue weighted by Gasteiger charge is -2.20. The van der Waals surface area contributed by atoms with Crippen LogP contribution in [0.25, 0.3) is 0 Å². The van der Waals surface area contributed by atoms with Crippen LogP contribution in [-0.4, -0.2) is 59.9 Å². The minimum atomic E-state index is -4.71. The second-order valence-electron chi connectivity index (χ2n) is 15.5. The van der Waals surface area contributed by atoms with E-state index in [1.807, 2.05) is 0 Å². The van der Waals surface area contributed by atoms with Crippen LogP contribution in [-0.2, 0) is 37.5 Å².